The lowest BCUT2D eigenvalue weighted by atomic mass is 10.2. The second-order valence-corrected chi connectivity index (χ2v) is 17.4. The minimum atomic E-state index is -1.25. The lowest BCUT2D eigenvalue weighted by Gasteiger charge is -2.29. The van der Waals surface area contributed by atoms with Gasteiger partial charge in [-0.15, -0.1) is 0 Å². The summed E-state index contributed by atoms with van der Waals surface area (Å²) >= 11 is 0. The molecule has 0 unspecified atom stereocenters. The second-order valence-electron chi connectivity index (χ2n) is 7.02. The van der Waals surface area contributed by atoms with Crippen molar-refractivity contribution in [3.8, 4) is 0 Å². The minimum Gasteiger partial charge on any atom is -0.392 e. The van der Waals surface area contributed by atoms with Crippen LogP contribution in [0.4, 0.5) is 0 Å². The molecule has 3 heteroatoms. The summed E-state index contributed by atoms with van der Waals surface area (Å²) in [5.41, 5.74) is 1.09. The maximum Gasteiger partial charge on any atom is 0.0722 e. The first-order valence-electron chi connectivity index (χ1n) is 6.47. The molecule has 0 atom stereocenters. The number of allylic oxidation sites excluding steroid dienone is 3. The van der Waals surface area contributed by atoms with Crippen molar-refractivity contribution in [2.45, 2.75) is 59.6 Å². The fourth-order valence-electron chi connectivity index (χ4n) is 1.82. The summed E-state index contributed by atoms with van der Waals surface area (Å²) in [6.07, 6.45) is 3.25. The molecule has 0 amide bonds. The van der Waals surface area contributed by atoms with Gasteiger partial charge in [0, 0.05) is 0 Å². The van der Waals surface area contributed by atoms with Gasteiger partial charge in [-0.3, -0.25) is 0 Å². The van der Waals surface area contributed by atoms with Crippen molar-refractivity contribution in [1.29, 1.82) is 0 Å². The predicted molar refractivity (Wildman–Crippen MR) is 84.9 cm³/mol. The molecule has 0 aromatic carbocycles. The lowest BCUT2D eigenvalue weighted by molar-refractivity contribution is 0.331. The number of aliphatic hydroxyl groups excluding tert-OH is 1. The van der Waals surface area contributed by atoms with E-state index in [4.69, 9.17) is 5.11 Å². The molecule has 1 N–H and O–H groups in total. The lowest BCUT2D eigenvalue weighted by Crippen LogP contribution is -2.32. The number of rotatable bonds is 5. The van der Waals surface area contributed by atoms with Crippen LogP contribution in [0.15, 0.2) is 22.0 Å². The van der Waals surface area contributed by atoms with E-state index in [0.717, 1.165) is 12.0 Å². The van der Waals surface area contributed by atoms with E-state index < -0.39 is 16.1 Å². The van der Waals surface area contributed by atoms with Gasteiger partial charge in [0.1, 0.15) is 0 Å². The number of hydrogen-bond donors (Lipinski definition) is 1. The Morgan fingerprint density at radius 3 is 1.71 bits per heavy atom. The van der Waals surface area contributed by atoms with Crippen molar-refractivity contribution in [2.24, 2.45) is 0 Å². The van der Waals surface area contributed by atoms with Crippen LogP contribution in [0.2, 0.25) is 39.3 Å². The van der Waals surface area contributed by atoms with E-state index in [0.29, 0.717) is 0 Å². The van der Waals surface area contributed by atoms with E-state index in [1.54, 1.807) is 10.4 Å². The van der Waals surface area contributed by atoms with Crippen molar-refractivity contribution in [2.75, 3.05) is 6.61 Å². The van der Waals surface area contributed by atoms with Crippen molar-refractivity contribution in [3.63, 3.8) is 0 Å². The fraction of sp³-hybridized carbons (Fsp3) is 0.714. The highest BCUT2D eigenvalue weighted by atomic mass is 28.3. The molecule has 0 aromatic rings. The molecule has 0 aliphatic rings. The van der Waals surface area contributed by atoms with Crippen LogP contribution in [0.5, 0.6) is 0 Å². The van der Waals surface area contributed by atoms with Crippen LogP contribution in [0.3, 0.4) is 0 Å². The molecule has 100 valence electrons. The molecule has 1 nitrogen and oxygen atoms in total. The average Bonchev–Trinajstić information content (AvgIpc) is 2.13. The summed E-state index contributed by atoms with van der Waals surface area (Å²) in [7, 11) is -2.44. The van der Waals surface area contributed by atoms with E-state index in [-0.39, 0.29) is 6.61 Å². The third-order valence-electron chi connectivity index (χ3n) is 3.39. The van der Waals surface area contributed by atoms with Gasteiger partial charge in [0.2, 0.25) is 0 Å². The zero-order valence-electron chi connectivity index (χ0n) is 12.9. The molecule has 0 heterocycles. The summed E-state index contributed by atoms with van der Waals surface area (Å²) in [6, 6.07) is 0. The molecular weight excluding hydrogens is 240 g/mol. The monoisotopic (exact) mass is 270 g/mol. The van der Waals surface area contributed by atoms with Crippen molar-refractivity contribution in [1.82, 2.24) is 0 Å². The van der Waals surface area contributed by atoms with Crippen molar-refractivity contribution < 1.29 is 5.11 Å². The van der Waals surface area contributed by atoms with E-state index in [9.17, 15) is 0 Å². The third kappa shape index (κ3) is 5.84. The minimum absolute atomic E-state index is 0.185. The standard InChI is InChI=1S/C14H30OSi2/c1-12(11-15)9-10-14(17(6,7)8)13(2)16(3,4)5/h9,15H,10-11H2,1-8H3/b12-9+,14-13-. The molecule has 0 aliphatic carbocycles. The smallest absolute Gasteiger partial charge is 0.0722 e. The normalized spacial score (nSPS) is 15.9. The van der Waals surface area contributed by atoms with Crippen LogP contribution in [0, 0.1) is 0 Å². The Morgan fingerprint density at radius 1 is 0.941 bits per heavy atom. The summed E-state index contributed by atoms with van der Waals surface area (Å²) in [6.45, 7) is 19.1. The molecule has 0 aromatic heterocycles. The zero-order valence-corrected chi connectivity index (χ0v) is 14.9. The largest absolute Gasteiger partial charge is 0.392 e. The quantitative estimate of drug-likeness (QED) is 0.580. The summed E-state index contributed by atoms with van der Waals surface area (Å²) < 4.78 is 0. The SMILES string of the molecule is C/C(=C(\C/C=C(\C)CO)[Si](C)(C)C)[Si](C)(C)C. The molecule has 0 spiro atoms. The van der Waals surface area contributed by atoms with E-state index in [2.05, 4.69) is 52.3 Å². The van der Waals surface area contributed by atoms with Crippen molar-refractivity contribution in [3.05, 3.63) is 22.0 Å². The second kappa shape index (κ2) is 6.16. The van der Waals surface area contributed by atoms with Gasteiger partial charge in [-0.25, -0.2) is 0 Å². The first kappa shape index (κ1) is 16.9. The van der Waals surface area contributed by atoms with Gasteiger partial charge in [0.25, 0.3) is 0 Å². The van der Waals surface area contributed by atoms with E-state index >= 15 is 0 Å². The predicted octanol–water partition coefficient (Wildman–Crippen LogP) is 4.39. The van der Waals surface area contributed by atoms with Gasteiger partial charge in [-0.05, 0) is 20.3 Å². The maximum absolute atomic E-state index is 9.08. The fourth-order valence-corrected chi connectivity index (χ4v) is 6.91. The van der Waals surface area contributed by atoms with Crippen LogP contribution in [-0.2, 0) is 0 Å². The Hall–Kier alpha value is -0.126. The molecule has 0 saturated carbocycles. The topological polar surface area (TPSA) is 20.2 Å². The molecule has 0 fully saturated rings. The van der Waals surface area contributed by atoms with Gasteiger partial charge in [0.05, 0.1) is 22.8 Å². The van der Waals surface area contributed by atoms with E-state index in [1.807, 2.05) is 6.92 Å². The Morgan fingerprint density at radius 2 is 1.41 bits per heavy atom. The van der Waals surface area contributed by atoms with Gasteiger partial charge in [-0.2, -0.15) is 0 Å². The Balaban J connectivity index is 5.33. The van der Waals surface area contributed by atoms with Crippen LogP contribution >= 0.6 is 0 Å². The van der Waals surface area contributed by atoms with Crippen LogP contribution in [0.1, 0.15) is 20.3 Å². The number of hydrogen-bond acceptors (Lipinski definition) is 1. The Labute approximate surface area is 110 Å². The average molecular weight is 271 g/mol. The summed E-state index contributed by atoms with van der Waals surface area (Å²) in [5.74, 6) is 0. The summed E-state index contributed by atoms with van der Waals surface area (Å²) in [4.78, 5) is 0. The van der Waals surface area contributed by atoms with Crippen molar-refractivity contribution >= 4 is 16.1 Å². The highest BCUT2D eigenvalue weighted by Crippen LogP contribution is 2.28. The highest BCUT2D eigenvalue weighted by molar-refractivity contribution is 6.89. The third-order valence-corrected chi connectivity index (χ3v) is 8.58. The Kier molecular flexibility index (Phi) is 6.12. The first-order chi connectivity index (χ1) is 7.50. The molecular formula is C14H30OSi2. The van der Waals surface area contributed by atoms with Gasteiger partial charge >= 0.3 is 0 Å². The molecule has 0 aliphatic heterocycles. The maximum atomic E-state index is 9.08. The molecule has 0 radical (unpaired) electrons. The first-order valence-corrected chi connectivity index (χ1v) is 13.5. The van der Waals surface area contributed by atoms with Gasteiger partial charge in [0.15, 0.2) is 0 Å². The van der Waals surface area contributed by atoms with Crippen LogP contribution < -0.4 is 0 Å². The molecule has 0 rings (SSSR count). The van der Waals surface area contributed by atoms with Crippen LogP contribution in [0.25, 0.3) is 0 Å². The summed E-state index contributed by atoms with van der Waals surface area (Å²) in [5, 5.41) is 12.4. The molecule has 0 bridgehead atoms. The molecule has 17 heavy (non-hydrogen) atoms. The number of aliphatic hydroxyl groups is 1. The highest BCUT2D eigenvalue weighted by Gasteiger charge is 2.26. The van der Waals surface area contributed by atoms with Gasteiger partial charge < -0.3 is 5.11 Å². The van der Waals surface area contributed by atoms with E-state index in [1.165, 1.54) is 0 Å². The van der Waals surface area contributed by atoms with Gasteiger partial charge in [-0.1, -0.05) is 61.3 Å². The zero-order chi connectivity index (χ0) is 13.9. The van der Waals surface area contributed by atoms with Crippen LogP contribution in [-0.4, -0.2) is 27.9 Å². The Bertz CT molecular complexity index is 314. The molecule has 0 saturated heterocycles.